The van der Waals surface area contributed by atoms with Gasteiger partial charge in [0.15, 0.2) is 5.69 Å². The minimum absolute atomic E-state index is 0.0662. The molecule has 0 radical (unpaired) electrons. The SMILES string of the molecule is CCNC(=O)CNC(=O)c1ccc(NCC)nn1. The maximum atomic E-state index is 11.6. The molecule has 7 heteroatoms. The van der Waals surface area contributed by atoms with Crippen molar-refractivity contribution in [1.82, 2.24) is 20.8 Å². The van der Waals surface area contributed by atoms with Crippen LogP contribution in [0.25, 0.3) is 0 Å². The lowest BCUT2D eigenvalue weighted by Gasteiger charge is -2.05. The minimum Gasteiger partial charge on any atom is -0.369 e. The van der Waals surface area contributed by atoms with Gasteiger partial charge in [0.1, 0.15) is 5.82 Å². The van der Waals surface area contributed by atoms with Gasteiger partial charge in [0.25, 0.3) is 5.91 Å². The number of hydrogen-bond acceptors (Lipinski definition) is 5. The summed E-state index contributed by atoms with van der Waals surface area (Å²) >= 11 is 0. The number of anilines is 1. The Morgan fingerprint density at radius 1 is 1.11 bits per heavy atom. The van der Waals surface area contributed by atoms with Crippen molar-refractivity contribution >= 4 is 17.6 Å². The third-order valence-electron chi connectivity index (χ3n) is 2.04. The van der Waals surface area contributed by atoms with Gasteiger partial charge in [0.2, 0.25) is 5.91 Å². The number of likely N-dealkylation sites (N-methyl/N-ethyl adjacent to an activating group) is 1. The van der Waals surface area contributed by atoms with Gasteiger partial charge in [-0.25, -0.2) is 0 Å². The van der Waals surface area contributed by atoms with E-state index in [1.165, 1.54) is 0 Å². The number of nitrogens with one attached hydrogen (secondary N) is 3. The van der Waals surface area contributed by atoms with E-state index in [0.717, 1.165) is 6.54 Å². The van der Waals surface area contributed by atoms with Crippen LogP contribution in [-0.4, -0.2) is 41.6 Å². The van der Waals surface area contributed by atoms with Crippen LogP contribution in [0.3, 0.4) is 0 Å². The monoisotopic (exact) mass is 251 g/mol. The first-order chi connectivity index (χ1) is 8.67. The Morgan fingerprint density at radius 2 is 1.89 bits per heavy atom. The fourth-order valence-electron chi connectivity index (χ4n) is 1.24. The largest absolute Gasteiger partial charge is 0.369 e. The average molecular weight is 251 g/mol. The van der Waals surface area contributed by atoms with Gasteiger partial charge in [-0.05, 0) is 26.0 Å². The van der Waals surface area contributed by atoms with Crippen LogP contribution in [0.4, 0.5) is 5.82 Å². The third-order valence-corrected chi connectivity index (χ3v) is 2.04. The molecule has 0 unspecified atom stereocenters. The van der Waals surface area contributed by atoms with Crippen molar-refractivity contribution in [3.05, 3.63) is 17.8 Å². The summed E-state index contributed by atoms with van der Waals surface area (Å²) in [5.41, 5.74) is 0.181. The summed E-state index contributed by atoms with van der Waals surface area (Å²) in [6, 6.07) is 3.22. The highest BCUT2D eigenvalue weighted by Crippen LogP contribution is 2.00. The molecule has 0 saturated heterocycles. The van der Waals surface area contributed by atoms with Crippen LogP contribution in [-0.2, 0) is 4.79 Å². The Kier molecular flexibility index (Phi) is 5.56. The van der Waals surface area contributed by atoms with Crippen molar-refractivity contribution in [3.8, 4) is 0 Å². The van der Waals surface area contributed by atoms with Crippen molar-refractivity contribution in [3.63, 3.8) is 0 Å². The maximum absolute atomic E-state index is 11.6. The fraction of sp³-hybridized carbons (Fsp3) is 0.455. The second kappa shape index (κ2) is 7.21. The van der Waals surface area contributed by atoms with E-state index in [9.17, 15) is 9.59 Å². The topological polar surface area (TPSA) is 96.0 Å². The Bertz CT molecular complexity index is 404. The highest BCUT2D eigenvalue weighted by molar-refractivity contribution is 5.94. The fourth-order valence-corrected chi connectivity index (χ4v) is 1.24. The van der Waals surface area contributed by atoms with Gasteiger partial charge in [-0.3, -0.25) is 9.59 Å². The standard InChI is InChI=1S/C11H17N5O2/c1-3-12-9-6-5-8(15-16-9)11(18)14-7-10(17)13-4-2/h5-6H,3-4,7H2,1-2H3,(H,12,16)(H,13,17)(H,14,18). The van der Waals surface area contributed by atoms with E-state index in [0.29, 0.717) is 12.4 Å². The predicted molar refractivity (Wildman–Crippen MR) is 67.2 cm³/mol. The molecule has 1 aromatic rings. The molecule has 1 rings (SSSR count). The molecular weight excluding hydrogens is 234 g/mol. The molecule has 18 heavy (non-hydrogen) atoms. The second-order valence-electron chi connectivity index (χ2n) is 3.47. The molecule has 1 heterocycles. The van der Waals surface area contributed by atoms with Crippen molar-refractivity contribution in [1.29, 1.82) is 0 Å². The number of carbonyl (C=O) groups excluding carboxylic acids is 2. The number of hydrogen-bond donors (Lipinski definition) is 3. The number of aromatic nitrogens is 2. The van der Waals surface area contributed by atoms with E-state index in [-0.39, 0.29) is 18.1 Å². The molecule has 0 fully saturated rings. The van der Waals surface area contributed by atoms with Crippen molar-refractivity contribution in [2.45, 2.75) is 13.8 Å². The highest BCUT2D eigenvalue weighted by atomic mass is 16.2. The van der Waals surface area contributed by atoms with E-state index in [4.69, 9.17) is 0 Å². The van der Waals surface area contributed by atoms with Crippen LogP contribution in [0.2, 0.25) is 0 Å². The van der Waals surface area contributed by atoms with E-state index >= 15 is 0 Å². The molecule has 0 aromatic carbocycles. The van der Waals surface area contributed by atoms with Crippen LogP contribution in [0, 0.1) is 0 Å². The van der Waals surface area contributed by atoms with E-state index in [1.807, 2.05) is 13.8 Å². The third kappa shape index (κ3) is 4.36. The van der Waals surface area contributed by atoms with Gasteiger partial charge >= 0.3 is 0 Å². The summed E-state index contributed by atoms with van der Waals surface area (Å²) in [6.45, 7) is 4.95. The number of amides is 2. The average Bonchev–Trinajstić information content (AvgIpc) is 2.37. The first-order valence-electron chi connectivity index (χ1n) is 5.79. The molecule has 2 amide bonds. The first kappa shape index (κ1) is 13.9. The normalized spacial score (nSPS) is 9.67. The highest BCUT2D eigenvalue weighted by Gasteiger charge is 2.09. The summed E-state index contributed by atoms with van der Waals surface area (Å²) in [7, 11) is 0. The summed E-state index contributed by atoms with van der Waals surface area (Å²) in [5.74, 6) is -0.0438. The maximum Gasteiger partial charge on any atom is 0.272 e. The zero-order chi connectivity index (χ0) is 13.4. The van der Waals surface area contributed by atoms with E-state index in [1.54, 1.807) is 12.1 Å². The van der Waals surface area contributed by atoms with Gasteiger partial charge in [-0.2, -0.15) is 0 Å². The first-order valence-corrected chi connectivity index (χ1v) is 5.79. The molecule has 0 saturated carbocycles. The summed E-state index contributed by atoms with van der Waals surface area (Å²) < 4.78 is 0. The molecule has 0 aliphatic carbocycles. The number of rotatable bonds is 6. The van der Waals surface area contributed by atoms with E-state index in [2.05, 4.69) is 26.1 Å². The Balaban J connectivity index is 2.48. The molecule has 0 atom stereocenters. The van der Waals surface area contributed by atoms with Crippen LogP contribution < -0.4 is 16.0 Å². The lowest BCUT2D eigenvalue weighted by atomic mass is 10.3. The summed E-state index contributed by atoms with van der Waals surface area (Å²) in [5, 5.41) is 15.6. The van der Waals surface area contributed by atoms with Crippen LogP contribution in [0.1, 0.15) is 24.3 Å². The van der Waals surface area contributed by atoms with Crippen molar-refractivity contribution in [2.24, 2.45) is 0 Å². The molecule has 1 aromatic heterocycles. The molecule has 0 aliphatic rings. The Labute approximate surface area is 105 Å². The molecule has 3 N–H and O–H groups in total. The molecular formula is C11H17N5O2. The molecule has 7 nitrogen and oxygen atoms in total. The molecule has 0 bridgehead atoms. The van der Waals surface area contributed by atoms with Crippen LogP contribution in [0.15, 0.2) is 12.1 Å². The van der Waals surface area contributed by atoms with Crippen LogP contribution in [0.5, 0.6) is 0 Å². The summed E-state index contributed by atoms with van der Waals surface area (Å²) in [4.78, 5) is 22.8. The number of carbonyl (C=O) groups is 2. The zero-order valence-corrected chi connectivity index (χ0v) is 10.5. The lowest BCUT2D eigenvalue weighted by molar-refractivity contribution is -0.120. The molecule has 98 valence electrons. The molecule has 0 spiro atoms. The lowest BCUT2D eigenvalue weighted by Crippen LogP contribution is -2.37. The Morgan fingerprint density at radius 3 is 2.44 bits per heavy atom. The smallest absolute Gasteiger partial charge is 0.272 e. The minimum atomic E-state index is -0.420. The van der Waals surface area contributed by atoms with Gasteiger partial charge in [0.05, 0.1) is 6.54 Å². The van der Waals surface area contributed by atoms with Gasteiger partial charge in [-0.1, -0.05) is 0 Å². The van der Waals surface area contributed by atoms with Crippen molar-refractivity contribution < 1.29 is 9.59 Å². The quantitative estimate of drug-likeness (QED) is 0.649. The Hall–Kier alpha value is -2.18. The zero-order valence-electron chi connectivity index (χ0n) is 10.5. The van der Waals surface area contributed by atoms with Crippen molar-refractivity contribution in [2.75, 3.05) is 25.0 Å². The number of nitrogens with zero attached hydrogens (tertiary/aromatic N) is 2. The van der Waals surface area contributed by atoms with Crippen LogP contribution >= 0.6 is 0 Å². The van der Waals surface area contributed by atoms with Gasteiger partial charge in [0, 0.05) is 13.1 Å². The van der Waals surface area contributed by atoms with Gasteiger partial charge < -0.3 is 16.0 Å². The van der Waals surface area contributed by atoms with E-state index < -0.39 is 5.91 Å². The molecule has 0 aliphatic heterocycles. The van der Waals surface area contributed by atoms with Gasteiger partial charge in [-0.15, -0.1) is 10.2 Å². The summed E-state index contributed by atoms with van der Waals surface area (Å²) in [6.07, 6.45) is 0. The second-order valence-corrected chi connectivity index (χ2v) is 3.47. The predicted octanol–water partition coefficient (Wildman–Crippen LogP) is -0.226.